The van der Waals surface area contributed by atoms with Crippen molar-refractivity contribution in [2.24, 2.45) is 7.05 Å². The quantitative estimate of drug-likeness (QED) is 0.674. The van der Waals surface area contributed by atoms with Crippen molar-refractivity contribution in [3.8, 4) is 0 Å². The molecule has 27 heavy (non-hydrogen) atoms. The van der Waals surface area contributed by atoms with Gasteiger partial charge in [-0.2, -0.15) is 0 Å². The van der Waals surface area contributed by atoms with Crippen LogP contribution in [0.25, 0.3) is 11.0 Å². The Morgan fingerprint density at radius 1 is 1.19 bits per heavy atom. The van der Waals surface area contributed by atoms with Crippen LogP contribution in [-0.2, 0) is 11.8 Å². The van der Waals surface area contributed by atoms with Crippen LogP contribution in [0.15, 0.2) is 36.4 Å². The van der Waals surface area contributed by atoms with Crippen molar-refractivity contribution in [2.45, 2.75) is 6.42 Å². The van der Waals surface area contributed by atoms with Crippen LogP contribution >= 0.6 is 23.2 Å². The molecule has 0 unspecified atom stereocenters. The van der Waals surface area contributed by atoms with Gasteiger partial charge in [-0.25, -0.2) is 9.37 Å². The zero-order chi connectivity index (χ0) is 19.6. The number of nitrogens with one attached hydrogen (secondary N) is 2. The Morgan fingerprint density at radius 2 is 1.96 bits per heavy atom. The van der Waals surface area contributed by atoms with E-state index in [0.29, 0.717) is 16.5 Å². The summed E-state index contributed by atoms with van der Waals surface area (Å²) in [6, 6.07) is 8.75. The van der Waals surface area contributed by atoms with E-state index in [9.17, 15) is 14.0 Å². The first kappa shape index (κ1) is 19.1. The number of nitrogens with zero attached hydrogens (tertiary/aromatic N) is 2. The van der Waals surface area contributed by atoms with Crippen molar-refractivity contribution in [2.75, 3.05) is 11.9 Å². The van der Waals surface area contributed by atoms with Gasteiger partial charge in [0.25, 0.3) is 5.91 Å². The van der Waals surface area contributed by atoms with Gasteiger partial charge in [0.15, 0.2) is 0 Å². The molecule has 0 aliphatic rings. The van der Waals surface area contributed by atoms with Crippen LogP contribution in [0, 0.1) is 5.82 Å². The first-order chi connectivity index (χ1) is 12.8. The Balaban J connectivity index is 1.57. The summed E-state index contributed by atoms with van der Waals surface area (Å²) in [5.41, 5.74) is 1.64. The normalized spacial score (nSPS) is 10.8. The van der Waals surface area contributed by atoms with Crippen LogP contribution in [-0.4, -0.2) is 27.9 Å². The molecular formula is C18H15Cl2FN4O2. The molecule has 0 saturated carbocycles. The van der Waals surface area contributed by atoms with Gasteiger partial charge in [-0.1, -0.05) is 23.2 Å². The fourth-order valence-corrected chi connectivity index (χ4v) is 2.95. The smallest absolute Gasteiger partial charge is 0.252 e. The fraction of sp³-hybridized carbons (Fsp3) is 0.167. The lowest BCUT2D eigenvalue weighted by molar-refractivity contribution is -0.116. The van der Waals surface area contributed by atoms with Gasteiger partial charge in [0.05, 0.1) is 21.6 Å². The van der Waals surface area contributed by atoms with E-state index >= 15 is 0 Å². The summed E-state index contributed by atoms with van der Waals surface area (Å²) >= 11 is 11.8. The number of halogens is 3. The molecule has 3 rings (SSSR count). The molecule has 0 spiro atoms. The minimum Gasteiger partial charge on any atom is -0.351 e. The highest BCUT2D eigenvalue weighted by Crippen LogP contribution is 2.22. The van der Waals surface area contributed by atoms with Gasteiger partial charge in [0, 0.05) is 25.0 Å². The van der Waals surface area contributed by atoms with E-state index < -0.39 is 11.7 Å². The third-order valence-electron chi connectivity index (χ3n) is 3.91. The largest absolute Gasteiger partial charge is 0.351 e. The van der Waals surface area contributed by atoms with E-state index in [4.69, 9.17) is 23.2 Å². The molecule has 1 heterocycles. The third-order valence-corrected chi connectivity index (χ3v) is 4.46. The molecule has 0 fully saturated rings. The second-order valence-electron chi connectivity index (χ2n) is 5.81. The molecule has 9 heteroatoms. The van der Waals surface area contributed by atoms with Crippen LogP contribution < -0.4 is 10.6 Å². The Labute approximate surface area is 164 Å². The Kier molecular flexibility index (Phi) is 5.62. The predicted octanol–water partition coefficient (Wildman–Crippen LogP) is 3.78. The minimum absolute atomic E-state index is 0.00955. The van der Waals surface area contributed by atoms with Gasteiger partial charge in [0.2, 0.25) is 11.9 Å². The molecule has 1 aromatic heterocycles. The first-order valence-electron chi connectivity index (χ1n) is 8.00. The zero-order valence-electron chi connectivity index (χ0n) is 14.2. The average Bonchev–Trinajstić information content (AvgIpc) is 2.89. The number of benzene rings is 2. The Hall–Kier alpha value is -2.64. The summed E-state index contributed by atoms with van der Waals surface area (Å²) in [5.74, 6) is -0.944. The second-order valence-corrected chi connectivity index (χ2v) is 6.65. The predicted molar refractivity (Wildman–Crippen MR) is 103 cm³/mol. The monoisotopic (exact) mass is 408 g/mol. The molecule has 2 aromatic carbocycles. The van der Waals surface area contributed by atoms with Gasteiger partial charge in [-0.15, -0.1) is 0 Å². The van der Waals surface area contributed by atoms with Crippen LogP contribution in [0.1, 0.15) is 16.8 Å². The molecule has 3 aromatic rings. The van der Waals surface area contributed by atoms with E-state index in [0.717, 1.165) is 17.6 Å². The molecular weight excluding hydrogens is 394 g/mol. The third kappa shape index (κ3) is 4.37. The van der Waals surface area contributed by atoms with Crippen LogP contribution in [0.3, 0.4) is 0 Å². The number of hydrogen-bond acceptors (Lipinski definition) is 3. The number of carbonyl (C=O) groups excluding carboxylic acids is 2. The van der Waals surface area contributed by atoms with Crippen molar-refractivity contribution < 1.29 is 14.0 Å². The number of fused-ring (bicyclic) bond motifs is 1. The number of aryl methyl sites for hydroxylation is 1. The van der Waals surface area contributed by atoms with Crippen molar-refractivity contribution in [1.29, 1.82) is 0 Å². The Bertz CT molecular complexity index is 1040. The summed E-state index contributed by atoms with van der Waals surface area (Å²) in [5, 5.41) is 5.83. The summed E-state index contributed by atoms with van der Waals surface area (Å²) in [4.78, 5) is 28.5. The number of imidazole rings is 1. The number of hydrogen-bond donors (Lipinski definition) is 2. The number of rotatable bonds is 5. The summed E-state index contributed by atoms with van der Waals surface area (Å²) < 4.78 is 14.8. The summed E-state index contributed by atoms with van der Waals surface area (Å²) in [6.45, 7) is 0.0914. The lowest BCUT2D eigenvalue weighted by Gasteiger charge is -2.08. The number of amides is 2. The van der Waals surface area contributed by atoms with Crippen LogP contribution in [0.2, 0.25) is 10.0 Å². The molecule has 2 N–H and O–H groups in total. The highest BCUT2D eigenvalue weighted by atomic mass is 35.5. The van der Waals surface area contributed by atoms with E-state index in [1.54, 1.807) is 23.7 Å². The minimum atomic E-state index is -0.528. The van der Waals surface area contributed by atoms with Gasteiger partial charge >= 0.3 is 0 Å². The molecule has 0 aliphatic heterocycles. The molecule has 2 amide bonds. The van der Waals surface area contributed by atoms with Crippen LogP contribution in [0.4, 0.5) is 10.3 Å². The molecule has 0 radical (unpaired) electrons. The second kappa shape index (κ2) is 7.94. The molecule has 0 saturated heterocycles. The Morgan fingerprint density at radius 3 is 2.70 bits per heavy atom. The maximum atomic E-state index is 13.0. The van der Waals surface area contributed by atoms with Crippen LogP contribution in [0.5, 0.6) is 0 Å². The topological polar surface area (TPSA) is 76.0 Å². The highest BCUT2D eigenvalue weighted by Gasteiger charge is 2.13. The lowest BCUT2D eigenvalue weighted by Crippen LogP contribution is -2.28. The highest BCUT2D eigenvalue weighted by molar-refractivity contribution is 6.33. The molecule has 140 valence electrons. The number of anilines is 1. The van der Waals surface area contributed by atoms with Crippen molar-refractivity contribution in [1.82, 2.24) is 14.9 Å². The first-order valence-corrected chi connectivity index (χ1v) is 8.76. The number of carbonyl (C=O) groups is 2. The average molecular weight is 409 g/mol. The fourth-order valence-electron chi connectivity index (χ4n) is 2.53. The molecule has 0 atom stereocenters. The summed E-state index contributed by atoms with van der Waals surface area (Å²) in [6.07, 6.45) is 0.0362. The van der Waals surface area contributed by atoms with Gasteiger partial charge in [-0.3, -0.25) is 14.9 Å². The maximum Gasteiger partial charge on any atom is 0.252 e. The zero-order valence-corrected chi connectivity index (χ0v) is 15.7. The van der Waals surface area contributed by atoms with Gasteiger partial charge < -0.3 is 9.88 Å². The van der Waals surface area contributed by atoms with E-state index in [-0.39, 0.29) is 29.5 Å². The van der Waals surface area contributed by atoms with Crippen molar-refractivity contribution in [3.63, 3.8) is 0 Å². The standard InChI is InChI=1S/C18H15Cl2FN4O2/c1-25-15-5-2-10(19)8-14(15)23-18(25)24-16(26)6-7-22-17(27)12-4-3-11(21)9-13(12)20/h2-5,8-9H,6-7H2,1H3,(H,22,27)(H,23,24,26). The SMILES string of the molecule is Cn1c(NC(=O)CCNC(=O)c2ccc(F)cc2Cl)nc2cc(Cl)ccc21. The van der Waals surface area contributed by atoms with E-state index in [1.165, 1.54) is 6.07 Å². The lowest BCUT2D eigenvalue weighted by atomic mass is 10.2. The van der Waals surface area contributed by atoms with Crippen molar-refractivity contribution in [3.05, 3.63) is 57.8 Å². The van der Waals surface area contributed by atoms with Gasteiger partial charge in [-0.05, 0) is 36.4 Å². The summed E-state index contributed by atoms with van der Waals surface area (Å²) in [7, 11) is 1.77. The van der Waals surface area contributed by atoms with Crippen molar-refractivity contribution >= 4 is 52.0 Å². The van der Waals surface area contributed by atoms with E-state index in [1.807, 2.05) is 6.07 Å². The molecule has 6 nitrogen and oxygen atoms in total. The number of aromatic nitrogens is 2. The molecule has 0 aliphatic carbocycles. The van der Waals surface area contributed by atoms with Gasteiger partial charge in [0.1, 0.15) is 5.82 Å². The molecule has 0 bridgehead atoms. The maximum absolute atomic E-state index is 13.0. The van der Waals surface area contributed by atoms with E-state index in [2.05, 4.69) is 15.6 Å².